The van der Waals surface area contributed by atoms with Crippen LogP contribution in [0.15, 0.2) is 18.2 Å². The zero-order valence-corrected chi connectivity index (χ0v) is 4.79. The lowest BCUT2D eigenvalue weighted by molar-refractivity contribution is 0.229. The number of phenols is 1. The van der Waals surface area contributed by atoms with E-state index < -0.39 is 0 Å². The van der Waals surface area contributed by atoms with Gasteiger partial charge in [0.05, 0.1) is 0 Å². The van der Waals surface area contributed by atoms with Gasteiger partial charge in [-0.3, -0.25) is 0 Å². The SMILES string of the molecule is Oc1cccc2c1OC2. The maximum absolute atomic E-state index is 9.03. The first kappa shape index (κ1) is 4.68. The van der Waals surface area contributed by atoms with Crippen molar-refractivity contribution in [3.63, 3.8) is 0 Å². The Labute approximate surface area is 52.7 Å². The van der Waals surface area contributed by atoms with Gasteiger partial charge in [0, 0.05) is 5.56 Å². The van der Waals surface area contributed by atoms with Crippen LogP contribution in [0.5, 0.6) is 11.5 Å². The molecule has 0 saturated carbocycles. The normalized spacial score (nSPS) is 13.3. The molecule has 0 unspecified atom stereocenters. The van der Waals surface area contributed by atoms with E-state index in [-0.39, 0.29) is 5.75 Å². The van der Waals surface area contributed by atoms with Crippen molar-refractivity contribution in [1.82, 2.24) is 0 Å². The fourth-order valence-corrected chi connectivity index (χ4v) is 0.921. The molecule has 0 fully saturated rings. The van der Waals surface area contributed by atoms with Gasteiger partial charge in [-0.15, -0.1) is 0 Å². The number of fused-ring (bicyclic) bond motifs is 1. The van der Waals surface area contributed by atoms with E-state index in [1.807, 2.05) is 12.1 Å². The highest BCUT2D eigenvalue weighted by atomic mass is 16.5. The van der Waals surface area contributed by atoms with Gasteiger partial charge in [0.1, 0.15) is 6.61 Å². The third-order valence-corrected chi connectivity index (χ3v) is 1.45. The summed E-state index contributed by atoms with van der Waals surface area (Å²) in [5.74, 6) is 0.899. The number of aromatic hydroxyl groups is 1. The standard InChI is InChI=1S/C7H6O2/c8-6-3-1-2-5-4-9-7(5)6/h1-3,8H,4H2. The van der Waals surface area contributed by atoms with Gasteiger partial charge in [-0.25, -0.2) is 0 Å². The van der Waals surface area contributed by atoms with Gasteiger partial charge in [0.15, 0.2) is 11.5 Å². The van der Waals surface area contributed by atoms with Crippen molar-refractivity contribution in [2.45, 2.75) is 6.61 Å². The zero-order valence-electron chi connectivity index (χ0n) is 4.79. The van der Waals surface area contributed by atoms with Crippen molar-refractivity contribution in [2.24, 2.45) is 0 Å². The molecule has 0 aromatic heterocycles. The summed E-state index contributed by atoms with van der Waals surface area (Å²) in [6.07, 6.45) is 0. The van der Waals surface area contributed by atoms with E-state index in [0.717, 1.165) is 5.56 Å². The fraction of sp³-hybridized carbons (Fsp3) is 0.143. The van der Waals surface area contributed by atoms with Gasteiger partial charge < -0.3 is 9.84 Å². The highest BCUT2D eigenvalue weighted by molar-refractivity contribution is 5.49. The summed E-state index contributed by atoms with van der Waals surface area (Å²) < 4.78 is 4.96. The third kappa shape index (κ3) is 0.499. The fourth-order valence-electron chi connectivity index (χ4n) is 0.921. The van der Waals surface area contributed by atoms with Crippen LogP contribution in [0.3, 0.4) is 0 Å². The second kappa shape index (κ2) is 1.41. The molecule has 0 aliphatic carbocycles. The highest BCUT2D eigenvalue weighted by Gasteiger charge is 2.17. The molecule has 0 spiro atoms. The van der Waals surface area contributed by atoms with E-state index in [2.05, 4.69) is 0 Å². The van der Waals surface area contributed by atoms with Crippen LogP contribution in [0.2, 0.25) is 0 Å². The van der Waals surface area contributed by atoms with Gasteiger partial charge >= 0.3 is 0 Å². The first-order valence-corrected chi connectivity index (χ1v) is 2.81. The summed E-state index contributed by atoms with van der Waals surface area (Å²) in [7, 11) is 0. The lowest BCUT2D eigenvalue weighted by Crippen LogP contribution is -2.08. The lowest BCUT2D eigenvalue weighted by atomic mass is 10.1. The van der Waals surface area contributed by atoms with Crippen LogP contribution in [0.25, 0.3) is 0 Å². The molecule has 46 valence electrons. The van der Waals surface area contributed by atoms with Crippen LogP contribution >= 0.6 is 0 Å². The molecule has 1 aliphatic rings. The van der Waals surface area contributed by atoms with Gasteiger partial charge in [-0.05, 0) is 6.07 Å². The maximum atomic E-state index is 9.03. The molecular weight excluding hydrogens is 116 g/mol. The molecule has 1 N–H and O–H groups in total. The van der Waals surface area contributed by atoms with E-state index in [4.69, 9.17) is 9.84 Å². The van der Waals surface area contributed by atoms with Crippen molar-refractivity contribution in [1.29, 1.82) is 0 Å². The second-order valence-corrected chi connectivity index (χ2v) is 2.05. The second-order valence-electron chi connectivity index (χ2n) is 2.05. The summed E-state index contributed by atoms with van der Waals surface area (Å²) in [6, 6.07) is 5.38. The van der Waals surface area contributed by atoms with E-state index >= 15 is 0 Å². The number of benzene rings is 1. The molecule has 1 aromatic rings. The average Bonchev–Trinajstić information content (AvgIpc) is 1.74. The Morgan fingerprint density at radius 2 is 2.33 bits per heavy atom. The van der Waals surface area contributed by atoms with Gasteiger partial charge in [0.2, 0.25) is 0 Å². The molecule has 2 rings (SSSR count). The molecule has 2 nitrogen and oxygen atoms in total. The minimum Gasteiger partial charge on any atom is -0.504 e. The van der Waals surface area contributed by atoms with Crippen LogP contribution in [0.1, 0.15) is 5.56 Å². The molecule has 1 heterocycles. The Balaban J connectivity index is 2.64. The number of hydrogen-bond donors (Lipinski definition) is 1. The van der Waals surface area contributed by atoms with Gasteiger partial charge in [-0.2, -0.15) is 0 Å². The zero-order chi connectivity index (χ0) is 6.27. The van der Waals surface area contributed by atoms with Crippen LogP contribution in [-0.4, -0.2) is 5.11 Å². The molecule has 1 aliphatic heterocycles. The summed E-state index contributed by atoms with van der Waals surface area (Å²) in [6.45, 7) is 0.643. The smallest absolute Gasteiger partial charge is 0.168 e. The Hall–Kier alpha value is -1.18. The maximum Gasteiger partial charge on any atom is 0.168 e. The predicted molar refractivity (Wildman–Crippen MR) is 32.4 cm³/mol. The number of hydrogen-bond acceptors (Lipinski definition) is 2. The minimum atomic E-state index is 0.249. The Bertz CT molecular complexity index is 228. The average molecular weight is 122 g/mol. The minimum absolute atomic E-state index is 0.249. The van der Waals surface area contributed by atoms with Crippen molar-refractivity contribution in [2.75, 3.05) is 0 Å². The topological polar surface area (TPSA) is 29.5 Å². The molecule has 0 saturated heterocycles. The third-order valence-electron chi connectivity index (χ3n) is 1.45. The van der Waals surface area contributed by atoms with Crippen LogP contribution in [0.4, 0.5) is 0 Å². The van der Waals surface area contributed by atoms with Crippen LogP contribution in [-0.2, 0) is 6.61 Å². The first-order chi connectivity index (χ1) is 4.38. The highest BCUT2D eigenvalue weighted by Crippen LogP contribution is 2.37. The summed E-state index contributed by atoms with van der Waals surface area (Å²) >= 11 is 0. The lowest BCUT2D eigenvalue weighted by Gasteiger charge is -2.20. The van der Waals surface area contributed by atoms with E-state index in [9.17, 15) is 0 Å². The molecule has 0 atom stereocenters. The predicted octanol–water partition coefficient (Wildman–Crippen LogP) is 1.28. The molecule has 9 heavy (non-hydrogen) atoms. The molecular formula is C7H6O2. The van der Waals surface area contributed by atoms with Gasteiger partial charge in [-0.1, -0.05) is 12.1 Å². The molecule has 0 radical (unpaired) electrons. The molecule has 1 aromatic carbocycles. The van der Waals surface area contributed by atoms with E-state index in [1.165, 1.54) is 0 Å². The van der Waals surface area contributed by atoms with Crippen molar-refractivity contribution in [3.05, 3.63) is 23.8 Å². The number of para-hydroxylation sites is 1. The monoisotopic (exact) mass is 122 g/mol. The molecule has 2 heteroatoms. The quantitative estimate of drug-likeness (QED) is 0.561. The summed E-state index contributed by atoms with van der Waals surface area (Å²) in [5, 5.41) is 9.03. The van der Waals surface area contributed by atoms with Gasteiger partial charge in [0.25, 0.3) is 0 Å². The Morgan fingerprint density at radius 1 is 1.44 bits per heavy atom. The van der Waals surface area contributed by atoms with E-state index in [0.29, 0.717) is 12.4 Å². The van der Waals surface area contributed by atoms with Crippen molar-refractivity contribution in [3.8, 4) is 11.5 Å². The Morgan fingerprint density at radius 3 is 2.78 bits per heavy atom. The first-order valence-electron chi connectivity index (χ1n) is 2.81. The largest absolute Gasteiger partial charge is 0.504 e. The summed E-state index contributed by atoms with van der Waals surface area (Å²) in [4.78, 5) is 0. The van der Waals surface area contributed by atoms with Crippen molar-refractivity contribution >= 4 is 0 Å². The number of ether oxygens (including phenoxy) is 1. The van der Waals surface area contributed by atoms with E-state index in [1.54, 1.807) is 6.07 Å². The molecule has 0 amide bonds. The summed E-state index contributed by atoms with van der Waals surface area (Å²) in [5.41, 5.74) is 1.09. The van der Waals surface area contributed by atoms with Crippen LogP contribution < -0.4 is 4.74 Å². The number of rotatable bonds is 0. The van der Waals surface area contributed by atoms with Crippen LogP contribution in [0, 0.1) is 0 Å². The number of phenolic OH excluding ortho intramolecular Hbond substituents is 1. The Kier molecular flexibility index (Phi) is 0.730. The van der Waals surface area contributed by atoms with Crippen molar-refractivity contribution < 1.29 is 9.84 Å². The molecule has 0 bridgehead atoms.